The molecule has 3 heterocycles. The maximum absolute atomic E-state index is 12.4. The van der Waals surface area contributed by atoms with Crippen LogP contribution in [0.4, 0.5) is 5.82 Å². The number of hydrogen-bond donors (Lipinski definition) is 2. The van der Waals surface area contributed by atoms with Crippen LogP contribution >= 0.6 is 0 Å². The molecule has 1 aliphatic heterocycles. The Morgan fingerprint density at radius 2 is 1.90 bits per heavy atom. The van der Waals surface area contributed by atoms with Crippen LogP contribution in [0.15, 0.2) is 24.3 Å². The highest BCUT2D eigenvalue weighted by Gasteiger charge is 2.36. The van der Waals surface area contributed by atoms with Gasteiger partial charge in [-0.05, 0) is 55.4 Å². The number of hydrogen-bond acceptors (Lipinski definition) is 5. The number of pyridine rings is 1. The molecule has 0 spiro atoms. The van der Waals surface area contributed by atoms with Gasteiger partial charge in [0.2, 0.25) is 0 Å². The summed E-state index contributed by atoms with van der Waals surface area (Å²) in [6, 6.07) is 8.04. The van der Waals surface area contributed by atoms with Gasteiger partial charge in [0.05, 0.1) is 22.2 Å². The lowest BCUT2D eigenvalue weighted by Crippen LogP contribution is -2.50. The number of amides is 1. The van der Waals surface area contributed by atoms with Crippen molar-refractivity contribution in [3.05, 3.63) is 41.0 Å². The number of nitrogens with zero attached hydrogens (tertiary/aromatic N) is 3. The van der Waals surface area contributed by atoms with Crippen LogP contribution in [-0.2, 0) is 17.6 Å². The van der Waals surface area contributed by atoms with Crippen LogP contribution in [-0.4, -0.2) is 47.6 Å². The zero-order chi connectivity index (χ0) is 20.2. The first-order valence-corrected chi connectivity index (χ1v) is 10.3. The molecular formula is C23H31N5O2. The van der Waals surface area contributed by atoms with E-state index in [2.05, 4.69) is 15.4 Å². The zero-order valence-corrected chi connectivity index (χ0v) is 16.8. The van der Waals surface area contributed by atoms with Gasteiger partial charge in [-0.1, -0.05) is 19.6 Å². The normalized spacial score (nSPS) is 17.9. The van der Waals surface area contributed by atoms with Crippen LogP contribution in [0.3, 0.4) is 0 Å². The Morgan fingerprint density at radius 1 is 1.20 bits per heavy atom. The molecule has 7 nitrogen and oxygen atoms in total. The second-order valence-corrected chi connectivity index (χ2v) is 8.21. The fourth-order valence-corrected chi connectivity index (χ4v) is 5.15. The number of methoxy groups -OCH3 is 1. The molecule has 1 saturated heterocycles. The number of fused-ring (bicyclic) bond motifs is 4. The first-order chi connectivity index (χ1) is 14.1. The largest absolute Gasteiger partial charge is 0.377 e. The lowest BCUT2D eigenvalue weighted by molar-refractivity contribution is -0.0216. The van der Waals surface area contributed by atoms with Gasteiger partial charge >= 0.3 is 0 Å². The van der Waals surface area contributed by atoms with Gasteiger partial charge in [0, 0.05) is 26.7 Å². The molecule has 30 heavy (non-hydrogen) atoms. The molecule has 1 aliphatic carbocycles. The van der Waals surface area contributed by atoms with Crippen molar-refractivity contribution in [3.63, 3.8) is 0 Å². The molecule has 3 aromatic rings. The van der Waals surface area contributed by atoms with Gasteiger partial charge in [0.15, 0.2) is 5.65 Å². The first kappa shape index (κ1) is 20.6. The van der Waals surface area contributed by atoms with Gasteiger partial charge in [-0.25, -0.2) is 4.98 Å². The highest BCUT2D eigenvalue weighted by molar-refractivity contribution is 6.03. The van der Waals surface area contributed by atoms with Crippen LogP contribution < -0.4 is 16.4 Å². The van der Waals surface area contributed by atoms with Crippen molar-refractivity contribution in [2.24, 2.45) is 11.5 Å². The van der Waals surface area contributed by atoms with Crippen molar-refractivity contribution in [1.29, 1.82) is 0 Å². The molecule has 0 saturated carbocycles. The molecule has 7 heteroatoms. The van der Waals surface area contributed by atoms with E-state index in [1.165, 1.54) is 5.56 Å². The molecule has 1 aromatic carbocycles. The van der Waals surface area contributed by atoms with Crippen molar-refractivity contribution in [2.75, 3.05) is 31.6 Å². The number of aromatic nitrogens is 2. The van der Waals surface area contributed by atoms with Crippen LogP contribution in [0, 0.1) is 0 Å². The number of nitrogens with two attached hydrogens (primary N) is 2. The third kappa shape index (κ3) is 2.87. The topological polar surface area (TPSA) is 98.9 Å². The van der Waals surface area contributed by atoms with Gasteiger partial charge in [-0.3, -0.25) is 9.20 Å². The molecule has 160 valence electrons. The number of benzene rings is 1. The van der Waals surface area contributed by atoms with Crippen molar-refractivity contribution >= 4 is 28.4 Å². The number of imidazole rings is 1. The predicted molar refractivity (Wildman–Crippen MR) is 120 cm³/mol. The molecule has 5 rings (SSSR count). The summed E-state index contributed by atoms with van der Waals surface area (Å²) in [6.45, 7) is 2.24. The quantitative estimate of drug-likeness (QED) is 0.690. The van der Waals surface area contributed by atoms with Gasteiger partial charge < -0.3 is 21.1 Å². The van der Waals surface area contributed by atoms with Gasteiger partial charge in [-0.15, -0.1) is 0 Å². The summed E-state index contributed by atoms with van der Waals surface area (Å²) < 4.78 is 7.92. The molecule has 1 fully saturated rings. The van der Waals surface area contributed by atoms with Crippen LogP contribution in [0.1, 0.15) is 48.2 Å². The highest BCUT2D eigenvalue weighted by atomic mass is 16.5. The minimum Gasteiger partial charge on any atom is -0.377 e. The Bertz CT molecular complexity index is 1110. The minimum absolute atomic E-state index is 0. The Morgan fingerprint density at radius 3 is 2.57 bits per heavy atom. The summed E-state index contributed by atoms with van der Waals surface area (Å²) in [5, 5.41) is 0. The number of primary amides is 1. The zero-order valence-electron chi connectivity index (χ0n) is 16.8. The van der Waals surface area contributed by atoms with Crippen molar-refractivity contribution < 1.29 is 9.53 Å². The Kier molecular flexibility index (Phi) is 5.20. The van der Waals surface area contributed by atoms with Crippen LogP contribution in [0.25, 0.3) is 16.7 Å². The van der Waals surface area contributed by atoms with Crippen molar-refractivity contribution in [1.82, 2.24) is 9.38 Å². The molecule has 0 bridgehead atoms. The van der Waals surface area contributed by atoms with Gasteiger partial charge in [0.25, 0.3) is 5.91 Å². The smallest absolute Gasteiger partial charge is 0.252 e. The second-order valence-electron chi connectivity index (χ2n) is 8.21. The number of piperidine rings is 1. The Hall–Kier alpha value is -2.64. The number of anilines is 1. The summed E-state index contributed by atoms with van der Waals surface area (Å²) in [5.74, 6) is 0.767. The van der Waals surface area contributed by atoms with E-state index >= 15 is 0 Å². The van der Waals surface area contributed by atoms with Crippen molar-refractivity contribution in [3.8, 4) is 0 Å². The minimum atomic E-state index is -0.393. The summed E-state index contributed by atoms with van der Waals surface area (Å²) >= 11 is 0. The van der Waals surface area contributed by atoms with E-state index in [1.54, 1.807) is 7.11 Å². The molecule has 0 unspecified atom stereocenters. The number of para-hydroxylation sites is 2. The third-order valence-electron chi connectivity index (χ3n) is 6.81. The van der Waals surface area contributed by atoms with Crippen LogP contribution in [0.2, 0.25) is 0 Å². The molecule has 4 N–H and O–H groups in total. The predicted octanol–water partition coefficient (Wildman–Crippen LogP) is 2.66. The van der Waals surface area contributed by atoms with Gasteiger partial charge in [0.1, 0.15) is 5.82 Å². The maximum atomic E-state index is 12.4. The van der Waals surface area contributed by atoms with E-state index in [4.69, 9.17) is 21.2 Å². The Labute approximate surface area is 177 Å². The standard InChI is InChI=1S/C22H27N5O2.CH4/c1-29-22(13-23)9-11-26(12-10-22)21-15-6-4-5-14(15)18(19(24)28)20-25-16-7-2-3-8-17(16)27(20)21;/h2-3,7-8H,4-6,9-13,23H2,1H3,(H2,24,28);1H4. The average molecular weight is 410 g/mol. The molecule has 1 amide bonds. The fourth-order valence-electron chi connectivity index (χ4n) is 5.15. The molecule has 0 atom stereocenters. The van der Waals surface area contributed by atoms with E-state index < -0.39 is 5.91 Å². The fraction of sp³-hybridized carbons (Fsp3) is 0.478. The van der Waals surface area contributed by atoms with E-state index in [0.29, 0.717) is 17.8 Å². The van der Waals surface area contributed by atoms with E-state index in [9.17, 15) is 4.79 Å². The van der Waals surface area contributed by atoms with Crippen molar-refractivity contribution in [2.45, 2.75) is 45.1 Å². The summed E-state index contributed by atoms with van der Waals surface area (Å²) in [7, 11) is 1.75. The summed E-state index contributed by atoms with van der Waals surface area (Å²) in [4.78, 5) is 19.7. The van der Waals surface area contributed by atoms with E-state index in [1.807, 2.05) is 18.2 Å². The molecular weight excluding hydrogens is 378 g/mol. The SMILES string of the molecule is C.COC1(CN)CCN(c2c3c(c(C(N)=O)c4nc5ccccc5n24)CCC3)CC1. The lowest BCUT2D eigenvalue weighted by Gasteiger charge is -2.41. The maximum Gasteiger partial charge on any atom is 0.252 e. The van der Waals surface area contributed by atoms with E-state index in [-0.39, 0.29) is 13.0 Å². The van der Waals surface area contributed by atoms with E-state index in [0.717, 1.165) is 67.6 Å². The summed E-state index contributed by atoms with van der Waals surface area (Å²) in [6.07, 6.45) is 4.61. The molecule has 0 radical (unpaired) electrons. The lowest BCUT2D eigenvalue weighted by atomic mass is 9.90. The number of carbonyl (C=O) groups is 1. The highest BCUT2D eigenvalue weighted by Crippen LogP contribution is 2.40. The monoisotopic (exact) mass is 409 g/mol. The third-order valence-corrected chi connectivity index (χ3v) is 6.81. The molecule has 2 aromatic heterocycles. The number of carbonyl (C=O) groups excluding carboxylic acids is 1. The number of ether oxygens (including phenoxy) is 1. The second kappa shape index (κ2) is 7.56. The Balaban J connectivity index is 0.00000218. The molecule has 2 aliphatic rings. The number of rotatable bonds is 4. The summed E-state index contributed by atoms with van der Waals surface area (Å²) in [5.41, 5.74) is 17.1. The average Bonchev–Trinajstić information content (AvgIpc) is 3.36. The van der Waals surface area contributed by atoms with Gasteiger partial charge in [-0.2, -0.15) is 0 Å². The first-order valence-electron chi connectivity index (χ1n) is 10.3. The van der Waals surface area contributed by atoms with Crippen LogP contribution in [0.5, 0.6) is 0 Å².